The van der Waals surface area contributed by atoms with Gasteiger partial charge in [-0.3, -0.25) is 24.2 Å². The third-order valence-electron chi connectivity index (χ3n) is 8.51. The van der Waals surface area contributed by atoms with Gasteiger partial charge in [-0.2, -0.15) is 18.0 Å². The van der Waals surface area contributed by atoms with Gasteiger partial charge in [0, 0.05) is 26.7 Å². The van der Waals surface area contributed by atoms with E-state index in [2.05, 4.69) is 9.71 Å². The van der Waals surface area contributed by atoms with E-state index in [4.69, 9.17) is 14.2 Å². The molecule has 1 amide bonds. The lowest BCUT2D eigenvalue weighted by molar-refractivity contribution is -0.383. The maximum Gasteiger partial charge on any atom is 0.410 e. The highest BCUT2D eigenvalue weighted by atomic mass is 32.2. The van der Waals surface area contributed by atoms with E-state index in [1.54, 1.807) is 38.7 Å². The molecule has 1 N–H and O–H groups in total. The van der Waals surface area contributed by atoms with Crippen LogP contribution in [0.3, 0.4) is 0 Å². The van der Waals surface area contributed by atoms with Gasteiger partial charge in [-0.1, -0.05) is 6.92 Å². The van der Waals surface area contributed by atoms with Gasteiger partial charge >= 0.3 is 22.0 Å². The molecule has 0 aliphatic carbocycles. The summed E-state index contributed by atoms with van der Waals surface area (Å²) in [4.78, 5) is 43.9. The number of hydrogen-bond acceptors (Lipinski definition) is 11. The number of halogens is 1. The lowest BCUT2D eigenvalue weighted by atomic mass is 9.87. The Kier molecular flexibility index (Phi) is 9.56. The topological polar surface area (TPSA) is 199 Å². The number of ether oxygens (including phenoxy) is 3. The molecule has 16 nitrogen and oxygen atoms in total. The van der Waals surface area contributed by atoms with Crippen LogP contribution < -0.4 is 15.0 Å². The molecule has 0 unspecified atom stereocenters. The highest BCUT2D eigenvalue weighted by Crippen LogP contribution is 2.42. The average molecular weight is 702 g/mol. The number of fused-ring (bicyclic) bond motifs is 1. The number of carbonyl (C=O) groups excluding carboxylic acids is 1. The number of aromatic nitrogens is 2. The molecular formula is C31H36FN7O9S. The lowest BCUT2D eigenvalue weighted by Crippen LogP contribution is -2.48. The molecule has 2 aromatic carbocycles. The predicted molar refractivity (Wildman–Crippen MR) is 174 cm³/mol. The first-order valence-electron chi connectivity index (χ1n) is 15.4. The highest BCUT2D eigenvalue weighted by Gasteiger charge is 2.45. The summed E-state index contributed by atoms with van der Waals surface area (Å²) in [5.74, 6) is -2.45. The molecule has 1 atom stereocenters. The number of nitriles is 1. The van der Waals surface area contributed by atoms with Crippen LogP contribution in [-0.4, -0.2) is 82.7 Å². The van der Waals surface area contributed by atoms with Crippen molar-refractivity contribution in [2.45, 2.75) is 64.2 Å². The van der Waals surface area contributed by atoms with Crippen LogP contribution in [0.1, 0.15) is 58.6 Å². The minimum absolute atomic E-state index is 0.0234. The van der Waals surface area contributed by atoms with Gasteiger partial charge in [0.1, 0.15) is 22.6 Å². The molecule has 1 spiro atoms. The SMILES string of the molecule is CCN(C)S(=O)(=O)Nc1ccc(F)c(Oc2ccc3ncn([C@H]4COC5(CCN(C(=O)OC(C)(C)C)CC5)C4)c(=O)c3c2[N+](=O)[O-])c1C#N. The van der Waals surface area contributed by atoms with Gasteiger partial charge in [0.15, 0.2) is 11.6 Å². The van der Waals surface area contributed by atoms with Gasteiger partial charge in [0.2, 0.25) is 5.75 Å². The van der Waals surface area contributed by atoms with E-state index in [1.165, 1.54) is 24.0 Å². The van der Waals surface area contributed by atoms with Crippen molar-refractivity contribution in [3.05, 3.63) is 62.4 Å². The zero-order valence-electron chi connectivity index (χ0n) is 27.6. The monoisotopic (exact) mass is 701 g/mol. The van der Waals surface area contributed by atoms with Gasteiger partial charge < -0.3 is 19.1 Å². The van der Waals surface area contributed by atoms with Crippen molar-refractivity contribution in [1.29, 1.82) is 5.26 Å². The molecule has 0 bridgehead atoms. The molecular weight excluding hydrogens is 665 g/mol. The average Bonchev–Trinajstić information content (AvgIpc) is 3.44. The molecule has 5 rings (SSSR count). The van der Waals surface area contributed by atoms with E-state index in [9.17, 15) is 33.4 Å². The largest absolute Gasteiger partial charge is 0.446 e. The molecule has 262 valence electrons. The molecule has 1 aromatic heterocycles. The van der Waals surface area contributed by atoms with Crippen LogP contribution in [0.4, 0.5) is 20.6 Å². The number of hydrogen-bond donors (Lipinski definition) is 1. The van der Waals surface area contributed by atoms with Crippen LogP contribution in [-0.2, 0) is 19.7 Å². The minimum atomic E-state index is -4.13. The first-order valence-corrected chi connectivity index (χ1v) is 16.9. The summed E-state index contributed by atoms with van der Waals surface area (Å²) in [6.07, 6.45) is 2.24. The van der Waals surface area contributed by atoms with Gasteiger partial charge in [-0.15, -0.1) is 0 Å². The summed E-state index contributed by atoms with van der Waals surface area (Å²) in [6.45, 7) is 7.93. The Morgan fingerprint density at radius 3 is 2.59 bits per heavy atom. The fourth-order valence-corrected chi connectivity index (χ4v) is 6.77. The van der Waals surface area contributed by atoms with Crippen LogP contribution in [0.25, 0.3) is 10.9 Å². The van der Waals surface area contributed by atoms with Gasteiger partial charge in [0.25, 0.3) is 5.56 Å². The van der Waals surface area contributed by atoms with E-state index in [0.29, 0.717) is 32.4 Å². The standard InChI is InChI=1S/C31H36FN7O9S/c1-6-36(5)49(44,45)35-22-8-7-21(32)27(20(22)16-33)47-24-10-9-23-25(26(24)39(42)43)28(40)38(18-34-23)19-15-31(46-17-19)11-13-37(14-12-31)29(41)48-30(2,3)4/h7-10,18-19,35H,6,11-15,17H2,1-5H3/t19-/m1/s1. The lowest BCUT2D eigenvalue weighted by Gasteiger charge is -2.39. The Labute approximate surface area is 281 Å². The third kappa shape index (κ3) is 7.14. The first-order chi connectivity index (χ1) is 23.0. The fourth-order valence-electron chi connectivity index (χ4n) is 5.83. The minimum Gasteiger partial charge on any atom is -0.446 e. The molecule has 2 fully saturated rings. The maximum atomic E-state index is 15.1. The number of piperidine rings is 1. The Morgan fingerprint density at radius 1 is 1.29 bits per heavy atom. The highest BCUT2D eigenvalue weighted by molar-refractivity contribution is 7.90. The zero-order chi connectivity index (χ0) is 35.9. The van der Waals surface area contributed by atoms with Gasteiger partial charge in [-0.25, -0.2) is 14.2 Å². The first kappa shape index (κ1) is 35.4. The molecule has 0 radical (unpaired) electrons. The smallest absolute Gasteiger partial charge is 0.410 e. The third-order valence-corrected chi connectivity index (χ3v) is 10.1. The van der Waals surface area contributed by atoms with Crippen molar-refractivity contribution in [1.82, 2.24) is 18.8 Å². The molecule has 2 aliphatic rings. The summed E-state index contributed by atoms with van der Waals surface area (Å²) in [5.41, 5.74) is -3.76. The summed E-state index contributed by atoms with van der Waals surface area (Å²) >= 11 is 0. The summed E-state index contributed by atoms with van der Waals surface area (Å²) in [6, 6.07) is 5.43. The van der Waals surface area contributed by atoms with Crippen LogP contribution in [0.15, 0.2) is 35.4 Å². The second-order valence-corrected chi connectivity index (χ2v) is 14.7. The van der Waals surface area contributed by atoms with Crippen molar-refractivity contribution in [2.75, 3.05) is 38.0 Å². The summed E-state index contributed by atoms with van der Waals surface area (Å²) < 4.78 is 62.0. The van der Waals surface area contributed by atoms with Crippen LogP contribution in [0.5, 0.6) is 11.5 Å². The van der Waals surface area contributed by atoms with E-state index in [0.717, 1.165) is 22.5 Å². The number of benzene rings is 2. The molecule has 2 saturated heterocycles. The van der Waals surface area contributed by atoms with Crippen LogP contribution in [0.2, 0.25) is 0 Å². The summed E-state index contributed by atoms with van der Waals surface area (Å²) in [7, 11) is -2.84. The van der Waals surface area contributed by atoms with E-state index in [-0.39, 0.29) is 24.4 Å². The van der Waals surface area contributed by atoms with Crippen molar-refractivity contribution in [3.8, 4) is 17.6 Å². The normalized spacial score (nSPS) is 17.7. The Balaban J connectivity index is 1.46. The maximum absolute atomic E-state index is 15.1. The number of nitrogens with zero attached hydrogens (tertiary/aromatic N) is 6. The zero-order valence-corrected chi connectivity index (χ0v) is 28.4. The van der Waals surface area contributed by atoms with Crippen LogP contribution >= 0.6 is 0 Å². The second-order valence-electron chi connectivity index (χ2n) is 12.9. The number of rotatable bonds is 8. The predicted octanol–water partition coefficient (Wildman–Crippen LogP) is 4.45. The number of amides is 1. The van der Waals surface area contributed by atoms with E-state index in [1.807, 2.05) is 0 Å². The summed E-state index contributed by atoms with van der Waals surface area (Å²) in [5, 5.41) is 21.9. The number of likely N-dealkylation sites (tertiary alicyclic amines) is 1. The van der Waals surface area contributed by atoms with Crippen LogP contribution in [0, 0.1) is 27.3 Å². The molecule has 0 saturated carbocycles. The van der Waals surface area contributed by atoms with Gasteiger partial charge in [0.05, 0.1) is 40.7 Å². The molecule has 49 heavy (non-hydrogen) atoms. The molecule has 2 aliphatic heterocycles. The molecule has 3 aromatic rings. The quantitative estimate of drug-likeness (QED) is 0.257. The Bertz CT molecular complexity index is 2020. The number of carbonyl (C=O) groups is 1. The molecule has 3 heterocycles. The number of nitrogens with one attached hydrogen (secondary N) is 1. The number of anilines is 1. The second kappa shape index (κ2) is 13.2. The van der Waals surface area contributed by atoms with E-state index < -0.39 is 78.0 Å². The Morgan fingerprint density at radius 2 is 1.98 bits per heavy atom. The van der Waals surface area contributed by atoms with Crippen molar-refractivity contribution < 1.29 is 36.7 Å². The van der Waals surface area contributed by atoms with E-state index >= 15 is 4.39 Å². The number of nitro groups is 1. The van der Waals surface area contributed by atoms with Crippen molar-refractivity contribution >= 4 is 38.6 Å². The Hall–Kier alpha value is -4.86. The number of nitro benzene ring substituents is 1. The van der Waals surface area contributed by atoms with Crippen molar-refractivity contribution in [2.24, 2.45) is 0 Å². The fraction of sp³-hybridized carbons (Fsp3) is 0.484. The molecule has 18 heteroatoms. The van der Waals surface area contributed by atoms with Gasteiger partial charge in [-0.05, 0) is 64.3 Å². The van der Waals surface area contributed by atoms with Crippen molar-refractivity contribution in [3.63, 3.8) is 0 Å².